The van der Waals surface area contributed by atoms with Gasteiger partial charge in [-0.15, -0.1) is 0 Å². The maximum atomic E-state index is 13.2. The number of nitrogens with one attached hydrogen (secondary N) is 3. The average Bonchev–Trinajstić information content (AvgIpc) is 3.42. The molecule has 0 atom stereocenters. The highest BCUT2D eigenvalue weighted by atomic mass is 32.2. The van der Waals surface area contributed by atoms with Crippen molar-refractivity contribution in [1.82, 2.24) is 15.1 Å². The van der Waals surface area contributed by atoms with Gasteiger partial charge in [-0.25, -0.2) is 13.4 Å². The molecule has 2 heterocycles. The van der Waals surface area contributed by atoms with Crippen molar-refractivity contribution in [2.24, 2.45) is 0 Å². The molecule has 0 aliphatic rings. The van der Waals surface area contributed by atoms with Crippen molar-refractivity contribution < 1.29 is 27.2 Å². The topological polar surface area (TPSA) is 141 Å². The van der Waals surface area contributed by atoms with Gasteiger partial charge in [-0.2, -0.15) is 0 Å². The molecule has 0 fully saturated rings. The predicted octanol–water partition coefficient (Wildman–Crippen LogP) is 3.12. The lowest BCUT2D eigenvalue weighted by atomic mass is 10.2. The number of aromatic nitrogens is 3. The van der Waals surface area contributed by atoms with E-state index in [0.717, 1.165) is 0 Å². The number of ether oxygens (including phenoxy) is 3. The third-order valence-electron chi connectivity index (χ3n) is 4.40. The Morgan fingerprint density at radius 1 is 1.03 bits per heavy atom. The number of benzene rings is 2. The van der Waals surface area contributed by atoms with Crippen LogP contribution in [0, 0.1) is 0 Å². The number of aromatic amines is 1. The van der Waals surface area contributed by atoms with E-state index < -0.39 is 10.0 Å². The molecule has 31 heavy (non-hydrogen) atoms. The van der Waals surface area contributed by atoms with Crippen LogP contribution in [0.5, 0.6) is 17.2 Å². The van der Waals surface area contributed by atoms with Crippen molar-refractivity contribution in [2.45, 2.75) is 4.90 Å². The van der Waals surface area contributed by atoms with Gasteiger partial charge in [-0.05, 0) is 12.1 Å². The lowest BCUT2D eigenvalue weighted by molar-refractivity contribution is 0.373. The summed E-state index contributed by atoms with van der Waals surface area (Å²) in [5.41, 5.74) is 0.911. The van der Waals surface area contributed by atoms with E-state index in [-0.39, 0.29) is 22.2 Å². The van der Waals surface area contributed by atoms with E-state index in [1.54, 1.807) is 30.6 Å². The van der Waals surface area contributed by atoms with E-state index in [1.165, 1.54) is 33.5 Å². The van der Waals surface area contributed by atoms with Gasteiger partial charge < -0.3 is 29.0 Å². The zero-order valence-electron chi connectivity index (χ0n) is 16.8. The number of imidazole rings is 1. The lowest BCUT2D eigenvalue weighted by Gasteiger charge is -2.14. The minimum absolute atomic E-state index is 0.0376. The van der Waals surface area contributed by atoms with Crippen molar-refractivity contribution in [3.05, 3.63) is 42.7 Å². The molecule has 162 valence electrons. The fourth-order valence-corrected chi connectivity index (χ4v) is 4.40. The van der Waals surface area contributed by atoms with Gasteiger partial charge in [0.05, 0.1) is 21.3 Å². The Balaban J connectivity index is 1.76. The third-order valence-corrected chi connectivity index (χ3v) is 5.80. The van der Waals surface area contributed by atoms with Gasteiger partial charge in [0.1, 0.15) is 22.6 Å². The molecule has 0 aliphatic heterocycles. The van der Waals surface area contributed by atoms with E-state index in [2.05, 4.69) is 25.2 Å². The van der Waals surface area contributed by atoms with Crippen molar-refractivity contribution in [2.75, 3.05) is 31.4 Å². The summed E-state index contributed by atoms with van der Waals surface area (Å²) >= 11 is 0. The number of methoxy groups -OCH3 is 3. The van der Waals surface area contributed by atoms with Crippen LogP contribution in [-0.2, 0) is 10.0 Å². The average molecular weight is 445 g/mol. The van der Waals surface area contributed by atoms with Gasteiger partial charge in [0.25, 0.3) is 10.0 Å². The van der Waals surface area contributed by atoms with Crippen LogP contribution in [0.1, 0.15) is 0 Å². The highest BCUT2D eigenvalue weighted by Gasteiger charge is 2.28. The molecule has 2 aromatic carbocycles. The molecule has 4 aromatic rings. The van der Waals surface area contributed by atoms with E-state index in [4.69, 9.17) is 18.7 Å². The van der Waals surface area contributed by atoms with E-state index >= 15 is 0 Å². The van der Waals surface area contributed by atoms with Gasteiger partial charge in [-0.3, -0.25) is 4.72 Å². The van der Waals surface area contributed by atoms with Crippen LogP contribution in [0.2, 0.25) is 0 Å². The second kappa shape index (κ2) is 8.07. The maximum Gasteiger partial charge on any atom is 0.270 e. The molecule has 0 saturated carbocycles. The van der Waals surface area contributed by atoms with Crippen molar-refractivity contribution in [3.63, 3.8) is 0 Å². The SMILES string of the molecule is COc1cccc(OC)c1S(=O)(=O)Nc1noc2cc(Nc3ncc[nH]3)cc(OC)c12. The predicted molar refractivity (Wildman–Crippen MR) is 113 cm³/mol. The molecule has 11 nitrogen and oxygen atoms in total. The van der Waals surface area contributed by atoms with E-state index in [9.17, 15) is 8.42 Å². The summed E-state index contributed by atoms with van der Waals surface area (Å²) in [6.07, 6.45) is 3.27. The molecule has 0 amide bonds. The first kappa shape index (κ1) is 20.3. The Morgan fingerprint density at radius 2 is 1.74 bits per heavy atom. The molecular formula is C19H19N5O6S. The normalized spacial score (nSPS) is 11.3. The Hall–Kier alpha value is -3.93. The van der Waals surface area contributed by atoms with Crippen LogP contribution in [0.4, 0.5) is 17.5 Å². The number of hydrogen-bond acceptors (Lipinski definition) is 9. The van der Waals surface area contributed by atoms with Crippen molar-refractivity contribution in [3.8, 4) is 17.2 Å². The van der Waals surface area contributed by atoms with Gasteiger partial charge in [0.2, 0.25) is 5.95 Å². The van der Waals surface area contributed by atoms with Gasteiger partial charge in [0, 0.05) is 30.2 Å². The Labute approximate surface area is 177 Å². The van der Waals surface area contributed by atoms with Gasteiger partial charge in [-0.1, -0.05) is 11.2 Å². The number of anilines is 3. The van der Waals surface area contributed by atoms with Gasteiger partial charge >= 0.3 is 0 Å². The molecule has 0 spiro atoms. The zero-order chi connectivity index (χ0) is 22.0. The summed E-state index contributed by atoms with van der Waals surface area (Å²) < 4.78 is 50.0. The second-order valence-electron chi connectivity index (χ2n) is 6.24. The summed E-state index contributed by atoms with van der Waals surface area (Å²) in [5.74, 6) is 1.07. The molecule has 12 heteroatoms. The Bertz CT molecular complexity index is 1300. The second-order valence-corrected chi connectivity index (χ2v) is 7.86. The molecule has 0 aliphatic carbocycles. The summed E-state index contributed by atoms with van der Waals surface area (Å²) in [6, 6.07) is 7.98. The highest BCUT2D eigenvalue weighted by Crippen LogP contribution is 2.39. The standard InChI is InChI=1S/C19H19N5O6S/c1-27-12-5-4-6-13(28-2)17(12)31(25,26)24-18-16-14(29-3)9-11(10-15(16)30-23-18)22-19-20-7-8-21-19/h4-10H,1-3H3,(H,23,24)(H2,20,21,22). The lowest BCUT2D eigenvalue weighted by Crippen LogP contribution is -2.15. The zero-order valence-corrected chi connectivity index (χ0v) is 17.6. The number of fused-ring (bicyclic) bond motifs is 1. The maximum absolute atomic E-state index is 13.2. The number of sulfonamides is 1. The minimum Gasteiger partial charge on any atom is -0.496 e. The minimum atomic E-state index is -4.15. The Kier molecular flexibility index (Phi) is 5.29. The molecule has 4 rings (SSSR count). The van der Waals surface area contributed by atoms with Crippen LogP contribution in [0.25, 0.3) is 11.0 Å². The monoisotopic (exact) mass is 445 g/mol. The fraction of sp³-hybridized carbons (Fsp3) is 0.158. The first-order valence-electron chi connectivity index (χ1n) is 8.94. The number of hydrogen-bond donors (Lipinski definition) is 3. The van der Waals surface area contributed by atoms with Crippen LogP contribution >= 0.6 is 0 Å². The van der Waals surface area contributed by atoms with Crippen molar-refractivity contribution in [1.29, 1.82) is 0 Å². The molecule has 3 N–H and O–H groups in total. The van der Waals surface area contributed by atoms with Crippen LogP contribution < -0.4 is 24.2 Å². The molecule has 0 bridgehead atoms. The fourth-order valence-electron chi connectivity index (χ4n) is 3.07. The van der Waals surface area contributed by atoms with Crippen LogP contribution in [0.15, 0.2) is 52.1 Å². The molecule has 2 aromatic heterocycles. The summed E-state index contributed by atoms with van der Waals surface area (Å²) in [6.45, 7) is 0. The first-order valence-corrected chi connectivity index (χ1v) is 10.4. The van der Waals surface area contributed by atoms with E-state index in [1.807, 2.05) is 0 Å². The number of nitrogens with zero attached hydrogens (tertiary/aromatic N) is 2. The van der Waals surface area contributed by atoms with E-state index in [0.29, 0.717) is 28.4 Å². The Morgan fingerprint density at radius 3 is 2.35 bits per heavy atom. The summed E-state index contributed by atoms with van der Waals surface area (Å²) in [5, 5.41) is 7.30. The number of H-pyrrole nitrogens is 1. The third kappa shape index (κ3) is 3.80. The largest absolute Gasteiger partial charge is 0.496 e. The van der Waals surface area contributed by atoms with Crippen molar-refractivity contribution >= 4 is 38.4 Å². The first-order chi connectivity index (χ1) is 15.0. The molecule has 0 radical (unpaired) electrons. The quantitative estimate of drug-likeness (QED) is 0.373. The molecule has 0 saturated heterocycles. The summed E-state index contributed by atoms with van der Waals surface area (Å²) in [7, 11) is 0.0551. The summed E-state index contributed by atoms with van der Waals surface area (Å²) in [4.78, 5) is 6.86. The van der Waals surface area contributed by atoms with Gasteiger partial charge in [0.15, 0.2) is 16.3 Å². The molecule has 0 unspecified atom stereocenters. The van der Waals surface area contributed by atoms with Crippen LogP contribution in [0.3, 0.4) is 0 Å². The highest BCUT2D eigenvalue weighted by molar-refractivity contribution is 7.93. The van der Waals surface area contributed by atoms with Crippen LogP contribution in [-0.4, -0.2) is 44.9 Å². The smallest absolute Gasteiger partial charge is 0.270 e. The number of rotatable bonds is 8. The molecular weight excluding hydrogens is 426 g/mol.